The highest BCUT2D eigenvalue weighted by atomic mass is 19.1. The van der Waals surface area contributed by atoms with E-state index in [1.165, 1.54) is 6.07 Å². The zero-order valence-corrected chi connectivity index (χ0v) is 13.6. The van der Waals surface area contributed by atoms with Gasteiger partial charge in [-0.3, -0.25) is 10.1 Å². The summed E-state index contributed by atoms with van der Waals surface area (Å²) in [6.07, 6.45) is 1.58. The SMILES string of the molecule is C[C@@]1(C(N)=O)CC[C@H](c2ccc(OCc3ccccc3F)cc2)N1. The van der Waals surface area contributed by atoms with Crippen molar-refractivity contribution >= 4 is 5.91 Å². The largest absolute Gasteiger partial charge is 0.489 e. The van der Waals surface area contributed by atoms with Crippen molar-refractivity contribution in [3.05, 3.63) is 65.5 Å². The Labute approximate surface area is 140 Å². The van der Waals surface area contributed by atoms with Gasteiger partial charge in [-0.2, -0.15) is 0 Å². The minimum Gasteiger partial charge on any atom is -0.489 e. The standard InChI is InChI=1S/C19H21FN2O2/c1-19(18(21)23)11-10-17(22-19)13-6-8-15(9-7-13)24-12-14-4-2-3-5-16(14)20/h2-9,17,22H,10-12H2,1H3,(H2,21,23)/t17-,19+/m1/s1. The molecule has 1 heterocycles. The van der Waals surface area contributed by atoms with Gasteiger partial charge in [0.1, 0.15) is 18.2 Å². The Morgan fingerprint density at radius 1 is 1.29 bits per heavy atom. The van der Waals surface area contributed by atoms with Crippen LogP contribution in [0.25, 0.3) is 0 Å². The van der Waals surface area contributed by atoms with Crippen LogP contribution in [0.3, 0.4) is 0 Å². The molecule has 1 aliphatic rings. The van der Waals surface area contributed by atoms with Gasteiger partial charge < -0.3 is 10.5 Å². The molecule has 24 heavy (non-hydrogen) atoms. The fourth-order valence-corrected chi connectivity index (χ4v) is 2.98. The molecule has 0 aromatic heterocycles. The molecule has 2 aromatic carbocycles. The summed E-state index contributed by atoms with van der Waals surface area (Å²) in [5.74, 6) is 0.0857. The second-order valence-corrected chi connectivity index (χ2v) is 6.38. The summed E-state index contributed by atoms with van der Waals surface area (Å²) in [7, 11) is 0. The highest BCUT2D eigenvalue weighted by Gasteiger charge is 2.39. The molecular formula is C19H21FN2O2. The van der Waals surface area contributed by atoms with E-state index in [1.807, 2.05) is 31.2 Å². The van der Waals surface area contributed by atoms with E-state index in [0.717, 1.165) is 18.4 Å². The van der Waals surface area contributed by atoms with Crippen LogP contribution in [-0.4, -0.2) is 11.4 Å². The third-order valence-electron chi connectivity index (χ3n) is 4.60. The van der Waals surface area contributed by atoms with Crippen LogP contribution in [0.1, 0.15) is 36.9 Å². The molecule has 0 aliphatic carbocycles. The molecule has 3 N–H and O–H groups in total. The second kappa shape index (κ2) is 6.61. The van der Waals surface area contributed by atoms with Crippen molar-refractivity contribution in [2.45, 2.75) is 38.0 Å². The number of ether oxygens (including phenoxy) is 1. The van der Waals surface area contributed by atoms with Gasteiger partial charge >= 0.3 is 0 Å². The summed E-state index contributed by atoms with van der Waals surface area (Å²) < 4.78 is 19.2. The molecule has 0 unspecified atom stereocenters. The number of amides is 1. The molecule has 2 atom stereocenters. The predicted molar refractivity (Wildman–Crippen MR) is 89.9 cm³/mol. The van der Waals surface area contributed by atoms with Crippen LogP contribution >= 0.6 is 0 Å². The highest BCUT2D eigenvalue weighted by molar-refractivity contribution is 5.84. The molecule has 1 saturated heterocycles. The summed E-state index contributed by atoms with van der Waals surface area (Å²) in [6.45, 7) is 2.02. The average Bonchev–Trinajstić information content (AvgIpc) is 2.99. The van der Waals surface area contributed by atoms with Crippen molar-refractivity contribution in [2.75, 3.05) is 0 Å². The number of benzene rings is 2. The van der Waals surface area contributed by atoms with Gasteiger partial charge in [0.15, 0.2) is 0 Å². The highest BCUT2D eigenvalue weighted by Crippen LogP contribution is 2.33. The minimum absolute atomic E-state index is 0.100. The van der Waals surface area contributed by atoms with Crippen molar-refractivity contribution in [1.29, 1.82) is 0 Å². The van der Waals surface area contributed by atoms with Gasteiger partial charge in [-0.15, -0.1) is 0 Å². The lowest BCUT2D eigenvalue weighted by Gasteiger charge is -2.22. The molecule has 126 valence electrons. The molecule has 0 saturated carbocycles. The van der Waals surface area contributed by atoms with Gasteiger partial charge in [-0.05, 0) is 43.5 Å². The molecule has 4 nitrogen and oxygen atoms in total. The Kier molecular flexibility index (Phi) is 4.53. The molecule has 5 heteroatoms. The third-order valence-corrected chi connectivity index (χ3v) is 4.60. The molecule has 0 radical (unpaired) electrons. The van der Waals surface area contributed by atoms with Crippen molar-refractivity contribution in [3.63, 3.8) is 0 Å². The number of primary amides is 1. The quantitative estimate of drug-likeness (QED) is 0.886. The van der Waals surface area contributed by atoms with Crippen LogP contribution in [0.4, 0.5) is 4.39 Å². The molecule has 0 bridgehead atoms. The van der Waals surface area contributed by atoms with E-state index in [0.29, 0.717) is 11.3 Å². The number of nitrogens with two attached hydrogens (primary N) is 1. The summed E-state index contributed by atoms with van der Waals surface area (Å²) >= 11 is 0. The monoisotopic (exact) mass is 328 g/mol. The van der Waals surface area contributed by atoms with Gasteiger partial charge in [-0.1, -0.05) is 30.3 Å². The lowest BCUT2D eigenvalue weighted by atomic mass is 9.99. The summed E-state index contributed by atoms with van der Waals surface area (Å²) in [4.78, 5) is 11.5. The van der Waals surface area contributed by atoms with Crippen LogP contribution in [0, 0.1) is 5.82 Å². The van der Waals surface area contributed by atoms with Crippen molar-refractivity contribution in [2.24, 2.45) is 5.73 Å². The van der Waals surface area contributed by atoms with Gasteiger partial charge in [0.05, 0.1) is 5.54 Å². The van der Waals surface area contributed by atoms with Crippen LogP contribution in [-0.2, 0) is 11.4 Å². The first-order valence-electron chi connectivity index (χ1n) is 8.02. The number of carbonyl (C=O) groups is 1. The van der Waals surface area contributed by atoms with Gasteiger partial charge in [-0.25, -0.2) is 4.39 Å². The number of halogens is 1. The predicted octanol–water partition coefficient (Wildman–Crippen LogP) is 3.07. The maximum Gasteiger partial charge on any atom is 0.237 e. The first-order chi connectivity index (χ1) is 11.5. The zero-order valence-electron chi connectivity index (χ0n) is 13.6. The molecule has 0 spiro atoms. The second-order valence-electron chi connectivity index (χ2n) is 6.38. The van der Waals surface area contributed by atoms with E-state index in [-0.39, 0.29) is 24.4 Å². The van der Waals surface area contributed by atoms with Crippen molar-refractivity contribution in [3.8, 4) is 5.75 Å². The molecule has 1 amide bonds. The lowest BCUT2D eigenvalue weighted by Crippen LogP contribution is -2.49. The van der Waals surface area contributed by atoms with E-state index in [2.05, 4.69) is 5.32 Å². The number of hydrogen-bond acceptors (Lipinski definition) is 3. The van der Waals surface area contributed by atoms with Gasteiger partial charge in [0, 0.05) is 11.6 Å². The minimum atomic E-state index is -0.648. The Morgan fingerprint density at radius 3 is 2.62 bits per heavy atom. The Balaban J connectivity index is 1.62. The summed E-state index contributed by atoms with van der Waals surface area (Å²) in [5, 5.41) is 3.30. The van der Waals surface area contributed by atoms with Crippen LogP contribution in [0.2, 0.25) is 0 Å². The average molecular weight is 328 g/mol. The Hall–Kier alpha value is -2.40. The van der Waals surface area contributed by atoms with Crippen molar-refractivity contribution in [1.82, 2.24) is 5.32 Å². The molecule has 1 fully saturated rings. The molecule has 3 rings (SSSR count). The zero-order chi connectivity index (χ0) is 17.2. The third kappa shape index (κ3) is 3.41. The molecule has 1 aliphatic heterocycles. The maximum atomic E-state index is 13.6. The topological polar surface area (TPSA) is 64.4 Å². The normalized spacial score (nSPS) is 23.2. The van der Waals surface area contributed by atoms with E-state index in [4.69, 9.17) is 10.5 Å². The van der Waals surface area contributed by atoms with E-state index in [1.54, 1.807) is 18.2 Å². The van der Waals surface area contributed by atoms with E-state index >= 15 is 0 Å². The maximum absolute atomic E-state index is 13.6. The Bertz CT molecular complexity index is 732. The first kappa shape index (κ1) is 16.5. The van der Waals surface area contributed by atoms with Crippen molar-refractivity contribution < 1.29 is 13.9 Å². The molecule has 2 aromatic rings. The lowest BCUT2D eigenvalue weighted by molar-refractivity contribution is -0.123. The fraction of sp³-hybridized carbons (Fsp3) is 0.316. The summed E-state index contributed by atoms with van der Waals surface area (Å²) in [6, 6.07) is 14.3. The molecular weight excluding hydrogens is 307 g/mol. The van der Waals surface area contributed by atoms with Crippen LogP contribution in [0.5, 0.6) is 5.75 Å². The van der Waals surface area contributed by atoms with E-state index < -0.39 is 5.54 Å². The summed E-state index contributed by atoms with van der Waals surface area (Å²) in [5.41, 5.74) is 6.41. The van der Waals surface area contributed by atoms with E-state index in [9.17, 15) is 9.18 Å². The number of nitrogens with one attached hydrogen (secondary N) is 1. The van der Waals surface area contributed by atoms with Gasteiger partial charge in [0.25, 0.3) is 0 Å². The Morgan fingerprint density at radius 2 is 2.00 bits per heavy atom. The van der Waals surface area contributed by atoms with Crippen LogP contribution < -0.4 is 15.8 Å². The number of rotatable bonds is 5. The number of carbonyl (C=O) groups excluding carboxylic acids is 1. The smallest absolute Gasteiger partial charge is 0.237 e. The number of hydrogen-bond donors (Lipinski definition) is 2. The van der Waals surface area contributed by atoms with Crippen LogP contribution in [0.15, 0.2) is 48.5 Å². The fourth-order valence-electron chi connectivity index (χ4n) is 2.98. The first-order valence-corrected chi connectivity index (χ1v) is 8.02. The van der Waals surface area contributed by atoms with Gasteiger partial charge in [0.2, 0.25) is 5.91 Å².